The summed E-state index contributed by atoms with van der Waals surface area (Å²) in [6, 6.07) is 12.2. The molecule has 1 heterocycles. The third kappa shape index (κ3) is 4.10. The van der Waals surface area contributed by atoms with Crippen LogP contribution in [0.5, 0.6) is 5.75 Å². The van der Waals surface area contributed by atoms with Crippen LogP contribution in [0.25, 0.3) is 0 Å². The van der Waals surface area contributed by atoms with Crippen molar-refractivity contribution in [3.8, 4) is 5.75 Å². The van der Waals surface area contributed by atoms with E-state index in [2.05, 4.69) is 20.6 Å². The van der Waals surface area contributed by atoms with Crippen LogP contribution >= 0.6 is 11.6 Å². The highest BCUT2D eigenvalue weighted by atomic mass is 35.5. The largest absolute Gasteiger partial charge is 0.495 e. The third-order valence-corrected chi connectivity index (χ3v) is 4.08. The average molecular weight is 369 g/mol. The lowest BCUT2D eigenvalue weighted by molar-refractivity contribution is 0.102. The molecular formula is C19H17ClN4O2. The Morgan fingerprint density at radius 1 is 1.12 bits per heavy atom. The van der Waals surface area contributed by atoms with Crippen molar-refractivity contribution in [3.05, 3.63) is 71.0 Å². The monoisotopic (exact) mass is 368 g/mol. The first kappa shape index (κ1) is 17.7. The van der Waals surface area contributed by atoms with E-state index in [9.17, 15) is 4.79 Å². The molecule has 3 aromatic rings. The van der Waals surface area contributed by atoms with E-state index in [1.165, 1.54) is 7.11 Å². The summed E-state index contributed by atoms with van der Waals surface area (Å²) in [6.07, 6.45) is 3.28. The van der Waals surface area contributed by atoms with Gasteiger partial charge < -0.3 is 15.4 Å². The van der Waals surface area contributed by atoms with Gasteiger partial charge in [0.2, 0.25) is 5.95 Å². The lowest BCUT2D eigenvalue weighted by Gasteiger charge is -2.13. The number of methoxy groups -OCH3 is 1. The van der Waals surface area contributed by atoms with E-state index >= 15 is 0 Å². The molecule has 0 aliphatic heterocycles. The molecule has 0 saturated carbocycles. The zero-order valence-corrected chi connectivity index (χ0v) is 15.0. The summed E-state index contributed by atoms with van der Waals surface area (Å²) >= 11 is 6.10. The number of aromatic nitrogens is 2. The molecule has 0 unspecified atom stereocenters. The van der Waals surface area contributed by atoms with Crippen LogP contribution in [0.4, 0.5) is 17.3 Å². The summed E-state index contributed by atoms with van der Waals surface area (Å²) in [5.41, 5.74) is 2.60. The van der Waals surface area contributed by atoms with Crippen LogP contribution in [-0.4, -0.2) is 23.0 Å². The molecule has 1 aromatic heterocycles. The van der Waals surface area contributed by atoms with Crippen molar-refractivity contribution in [3.63, 3.8) is 0 Å². The van der Waals surface area contributed by atoms with E-state index in [1.807, 2.05) is 13.0 Å². The van der Waals surface area contributed by atoms with Crippen LogP contribution in [0.3, 0.4) is 0 Å². The number of carbonyl (C=O) groups is 1. The number of benzene rings is 2. The van der Waals surface area contributed by atoms with Crippen LogP contribution in [0, 0.1) is 6.92 Å². The Balaban J connectivity index is 1.80. The smallest absolute Gasteiger partial charge is 0.255 e. The molecule has 0 aliphatic carbocycles. The van der Waals surface area contributed by atoms with E-state index in [0.29, 0.717) is 33.7 Å². The summed E-state index contributed by atoms with van der Waals surface area (Å²) < 4.78 is 5.29. The van der Waals surface area contributed by atoms with Gasteiger partial charge >= 0.3 is 0 Å². The molecule has 2 N–H and O–H groups in total. The number of nitrogens with one attached hydrogen (secondary N) is 2. The first-order chi connectivity index (χ1) is 12.6. The van der Waals surface area contributed by atoms with Gasteiger partial charge in [0, 0.05) is 34.7 Å². The molecule has 0 aliphatic rings. The second-order valence-electron chi connectivity index (χ2n) is 5.53. The summed E-state index contributed by atoms with van der Waals surface area (Å²) in [4.78, 5) is 20.8. The number of rotatable bonds is 5. The van der Waals surface area contributed by atoms with Gasteiger partial charge in [0.05, 0.1) is 12.8 Å². The molecule has 0 bridgehead atoms. The minimum absolute atomic E-state index is 0.261. The fourth-order valence-corrected chi connectivity index (χ4v) is 2.51. The molecule has 2 aromatic carbocycles. The molecule has 0 atom stereocenters. The number of halogens is 1. The highest BCUT2D eigenvalue weighted by Crippen LogP contribution is 2.31. The fraction of sp³-hybridized carbons (Fsp3) is 0.105. The molecule has 3 rings (SSSR count). The lowest BCUT2D eigenvalue weighted by Crippen LogP contribution is -2.13. The van der Waals surface area contributed by atoms with Crippen molar-refractivity contribution in [1.82, 2.24) is 9.97 Å². The molecule has 0 spiro atoms. The summed E-state index contributed by atoms with van der Waals surface area (Å²) in [7, 11) is 1.53. The standard InChI is InChI=1S/C19H17ClN4O2/c1-12-9-16(17(26-2)11-15(12)20)24-18(25)13-5-3-6-14(10-13)23-19-21-7-4-8-22-19/h3-11H,1-2H3,(H,24,25)(H,21,22,23). The van der Waals surface area contributed by atoms with Crippen molar-refractivity contribution < 1.29 is 9.53 Å². The van der Waals surface area contributed by atoms with Crippen LogP contribution in [0.2, 0.25) is 5.02 Å². The van der Waals surface area contributed by atoms with E-state index in [-0.39, 0.29) is 5.91 Å². The second kappa shape index (κ2) is 7.84. The number of aryl methyl sites for hydroxylation is 1. The summed E-state index contributed by atoms with van der Waals surface area (Å²) in [5, 5.41) is 6.49. The number of anilines is 3. The maximum atomic E-state index is 12.6. The average Bonchev–Trinajstić information content (AvgIpc) is 2.65. The quantitative estimate of drug-likeness (QED) is 0.696. The van der Waals surface area contributed by atoms with Crippen LogP contribution in [0.1, 0.15) is 15.9 Å². The topological polar surface area (TPSA) is 76.1 Å². The Hall–Kier alpha value is -3.12. The maximum Gasteiger partial charge on any atom is 0.255 e. The van der Waals surface area contributed by atoms with Gasteiger partial charge in [0.15, 0.2) is 0 Å². The Morgan fingerprint density at radius 2 is 1.88 bits per heavy atom. The zero-order chi connectivity index (χ0) is 18.5. The second-order valence-corrected chi connectivity index (χ2v) is 5.94. The highest BCUT2D eigenvalue weighted by molar-refractivity contribution is 6.31. The number of hydrogen-bond acceptors (Lipinski definition) is 5. The van der Waals surface area contributed by atoms with Gasteiger partial charge in [-0.05, 0) is 42.8 Å². The van der Waals surface area contributed by atoms with Gasteiger partial charge in [-0.15, -0.1) is 0 Å². The Labute approximate surface area is 156 Å². The van der Waals surface area contributed by atoms with Gasteiger partial charge in [0.1, 0.15) is 5.75 Å². The van der Waals surface area contributed by atoms with Crippen LogP contribution in [-0.2, 0) is 0 Å². The minimum atomic E-state index is -0.261. The minimum Gasteiger partial charge on any atom is -0.495 e. The number of nitrogens with zero attached hydrogens (tertiary/aromatic N) is 2. The lowest BCUT2D eigenvalue weighted by atomic mass is 10.1. The van der Waals surface area contributed by atoms with Crippen molar-refractivity contribution in [2.75, 3.05) is 17.7 Å². The van der Waals surface area contributed by atoms with Crippen molar-refractivity contribution >= 4 is 34.8 Å². The predicted octanol–water partition coefficient (Wildman–Crippen LogP) is 4.44. The van der Waals surface area contributed by atoms with Crippen molar-refractivity contribution in [2.24, 2.45) is 0 Å². The van der Waals surface area contributed by atoms with Gasteiger partial charge in [-0.2, -0.15) is 0 Å². The Kier molecular flexibility index (Phi) is 5.34. The van der Waals surface area contributed by atoms with Crippen molar-refractivity contribution in [1.29, 1.82) is 0 Å². The van der Waals surface area contributed by atoms with Crippen molar-refractivity contribution in [2.45, 2.75) is 6.92 Å². The molecule has 1 amide bonds. The zero-order valence-electron chi connectivity index (χ0n) is 14.3. The molecule has 6 nitrogen and oxygen atoms in total. The number of ether oxygens (including phenoxy) is 1. The molecule has 26 heavy (non-hydrogen) atoms. The Bertz CT molecular complexity index is 932. The molecule has 0 radical (unpaired) electrons. The van der Waals surface area contributed by atoms with Gasteiger partial charge in [0.25, 0.3) is 5.91 Å². The predicted molar refractivity (Wildman–Crippen MR) is 102 cm³/mol. The molecule has 7 heteroatoms. The van der Waals surface area contributed by atoms with Gasteiger partial charge in [-0.25, -0.2) is 9.97 Å². The fourth-order valence-electron chi connectivity index (χ4n) is 2.36. The molecule has 132 valence electrons. The SMILES string of the molecule is COc1cc(Cl)c(C)cc1NC(=O)c1cccc(Nc2ncccn2)c1. The summed E-state index contributed by atoms with van der Waals surface area (Å²) in [5.74, 6) is 0.698. The number of carbonyl (C=O) groups excluding carboxylic acids is 1. The third-order valence-electron chi connectivity index (χ3n) is 3.68. The van der Waals surface area contributed by atoms with Crippen LogP contribution in [0.15, 0.2) is 54.9 Å². The molecular weight excluding hydrogens is 352 g/mol. The molecule has 0 fully saturated rings. The van der Waals surface area contributed by atoms with Gasteiger partial charge in [-0.1, -0.05) is 17.7 Å². The van der Waals surface area contributed by atoms with E-state index in [0.717, 1.165) is 5.56 Å². The van der Waals surface area contributed by atoms with Gasteiger partial charge in [-0.3, -0.25) is 4.79 Å². The van der Waals surface area contributed by atoms with E-state index < -0.39 is 0 Å². The normalized spacial score (nSPS) is 10.3. The first-order valence-corrected chi connectivity index (χ1v) is 8.24. The first-order valence-electron chi connectivity index (χ1n) is 7.86. The van der Waals surface area contributed by atoms with E-state index in [4.69, 9.17) is 16.3 Å². The van der Waals surface area contributed by atoms with E-state index in [1.54, 1.807) is 48.8 Å². The number of amides is 1. The maximum absolute atomic E-state index is 12.6. The van der Waals surface area contributed by atoms with Crippen LogP contribution < -0.4 is 15.4 Å². The Morgan fingerprint density at radius 3 is 2.62 bits per heavy atom. The molecule has 0 saturated heterocycles. The highest BCUT2D eigenvalue weighted by Gasteiger charge is 2.12. The summed E-state index contributed by atoms with van der Waals surface area (Å²) in [6.45, 7) is 1.86. The number of hydrogen-bond donors (Lipinski definition) is 2.